The van der Waals surface area contributed by atoms with E-state index in [2.05, 4.69) is 0 Å². The SMILES string of the molecule is COc1cc2c(O[C@H]3OC[C@@]4(CN(C)C)OC(C)(C)O[C@@H]34)c3c(c(-c4ccc5c(c4)OCO5)c2cc1OC)C(=O)OC3. The molecule has 0 N–H and O–H groups in total. The third kappa shape index (κ3) is 4.14. The number of rotatable bonds is 7. The highest BCUT2D eigenvalue weighted by Gasteiger charge is 2.62. The Kier molecular flexibility index (Phi) is 6.21. The number of cyclic esters (lactones) is 1. The second kappa shape index (κ2) is 9.63. The molecule has 4 aliphatic rings. The molecule has 2 fully saturated rings. The van der Waals surface area contributed by atoms with Crippen LogP contribution >= 0.6 is 0 Å². The summed E-state index contributed by atoms with van der Waals surface area (Å²) in [5, 5.41) is 1.41. The lowest BCUT2D eigenvalue weighted by atomic mass is 9.89. The van der Waals surface area contributed by atoms with E-state index < -0.39 is 29.8 Å². The van der Waals surface area contributed by atoms with Gasteiger partial charge in [0.15, 0.2) is 34.9 Å². The minimum Gasteiger partial charge on any atom is -0.493 e. The predicted molar refractivity (Wildman–Crippen MR) is 149 cm³/mol. The minimum atomic E-state index is -0.824. The van der Waals surface area contributed by atoms with Gasteiger partial charge in [0.1, 0.15) is 18.0 Å². The number of hydrogen-bond donors (Lipinski definition) is 0. The zero-order valence-corrected chi connectivity index (χ0v) is 24.4. The van der Waals surface area contributed by atoms with Gasteiger partial charge in [-0.2, -0.15) is 0 Å². The van der Waals surface area contributed by atoms with Crippen LogP contribution in [0, 0.1) is 0 Å². The van der Waals surface area contributed by atoms with E-state index in [0.717, 1.165) is 5.56 Å². The Labute approximate surface area is 243 Å². The molecule has 0 bridgehead atoms. The fourth-order valence-corrected chi connectivity index (χ4v) is 6.52. The van der Waals surface area contributed by atoms with E-state index in [-0.39, 0.29) is 20.0 Å². The fraction of sp³-hybridized carbons (Fsp3) is 0.452. The summed E-state index contributed by atoms with van der Waals surface area (Å²) in [5.74, 6) is 1.43. The zero-order valence-electron chi connectivity index (χ0n) is 24.4. The first-order chi connectivity index (χ1) is 20.1. The Balaban J connectivity index is 1.42. The number of likely N-dealkylation sites (N-methyl/N-ethyl adjacent to an activating group) is 1. The normalized spacial score (nSPS) is 25.1. The lowest BCUT2D eigenvalue weighted by molar-refractivity contribution is -0.209. The van der Waals surface area contributed by atoms with Crippen LogP contribution in [0.4, 0.5) is 0 Å². The van der Waals surface area contributed by atoms with E-state index in [4.69, 9.17) is 42.6 Å². The minimum absolute atomic E-state index is 0.0361. The van der Waals surface area contributed by atoms with Crippen LogP contribution < -0.4 is 23.7 Å². The van der Waals surface area contributed by atoms with Gasteiger partial charge >= 0.3 is 5.97 Å². The maximum atomic E-state index is 13.4. The van der Waals surface area contributed by atoms with E-state index >= 15 is 0 Å². The Morgan fingerprint density at radius 3 is 2.43 bits per heavy atom. The largest absolute Gasteiger partial charge is 0.493 e. The molecule has 3 atom stereocenters. The average molecular weight is 580 g/mol. The van der Waals surface area contributed by atoms with Gasteiger partial charge in [0.25, 0.3) is 0 Å². The quantitative estimate of drug-likeness (QED) is 0.378. The van der Waals surface area contributed by atoms with Gasteiger partial charge in [0.05, 0.1) is 26.4 Å². The molecule has 0 unspecified atom stereocenters. The molecule has 0 aliphatic carbocycles. The van der Waals surface area contributed by atoms with E-state index in [0.29, 0.717) is 62.8 Å². The van der Waals surface area contributed by atoms with E-state index in [1.807, 2.05) is 63.2 Å². The molecule has 3 aromatic rings. The summed E-state index contributed by atoms with van der Waals surface area (Å²) in [7, 11) is 7.10. The maximum Gasteiger partial charge on any atom is 0.339 e. The number of hydrogen-bond acceptors (Lipinski definition) is 11. The molecule has 11 heteroatoms. The van der Waals surface area contributed by atoms with Crippen molar-refractivity contribution in [3.05, 3.63) is 41.5 Å². The smallest absolute Gasteiger partial charge is 0.339 e. The van der Waals surface area contributed by atoms with E-state index in [9.17, 15) is 4.79 Å². The number of carbonyl (C=O) groups is 1. The predicted octanol–water partition coefficient (Wildman–Crippen LogP) is 4.11. The van der Waals surface area contributed by atoms with Gasteiger partial charge < -0.3 is 47.5 Å². The van der Waals surface area contributed by atoms with Gasteiger partial charge in [-0.25, -0.2) is 4.79 Å². The molecule has 42 heavy (non-hydrogen) atoms. The molecule has 0 spiro atoms. The summed E-state index contributed by atoms with van der Waals surface area (Å²) in [4.78, 5) is 15.4. The summed E-state index contributed by atoms with van der Waals surface area (Å²) in [5.41, 5.74) is 1.72. The number of esters is 1. The summed E-state index contributed by atoms with van der Waals surface area (Å²) >= 11 is 0. The highest BCUT2D eigenvalue weighted by Crippen LogP contribution is 2.51. The number of fused-ring (bicyclic) bond motifs is 4. The van der Waals surface area contributed by atoms with Gasteiger partial charge in [0, 0.05) is 23.1 Å². The Bertz CT molecular complexity index is 1600. The Morgan fingerprint density at radius 2 is 1.69 bits per heavy atom. The first-order valence-corrected chi connectivity index (χ1v) is 13.8. The number of benzene rings is 3. The number of methoxy groups -OCH3 is 2. The van der Waals surface area contributed by atoms with Crippen molar-refractivity contribution in [1.82, 2.24) is 4.90 Å². The molecule has 4 heterocycles. The van der Waals surface area contributed by atoms with Crippen LogP contribution in [-0.2, 0) is 25.6 Å². The second-order valence-electron chi connectivity index (χ2n) is 11.6. The van der Waals surface area contributed by atoms with Crippen molar-refractivity contribution in [2.45, 2.75) is 44.2 Å². The molecule has 0 saturated carbocycles. The molecule has 7 rings (SSSR count). The summed E-state index contributed by atoms with van der Waals surface area (Å²) in [6, 6.07) is 9.28. The van der Waals surface area contributed by atoms with E-state index in [1.54, 1.807) is 14.2 Å². The van der Waals surface area contributed by atoms with Crippen molar-refractivity contribution in [2.75, 3.05) is 48.3 Å². The number of carbonyl (C=O) groups excluding carboxylic acids is 1. The van der Waals surface area contributed by atoms with Crippen LogP contribution in [-0.4, -0.2) is 82.9 Å². The lowest BCUT2D eigenvalue weighted by Crippen LogP contribution is -2.50. The molecule has 2 saturated heterocycles. The van der Waals surface area contributed by atoms with E-state index in [1.165, 1.54) is 0 Å². The van der Waals surface area contributed by atoms with Crippen molar-refractivity contribution < 1.29 is 47.4 Å². The molecule has 0 amide bonds. The highest BCUT2D eigenvalue weighted by molar-refractivity contribution is 6.14. The molecule has 0 radical (unpaired) electrons. The van der Waals surface area contributed by atoms with Crippen LogP contribution in [0.5, 0.6) is 28.7 Å². The molecular weight excluding hydrogens is 546 g/mol. The van der Waals surface area contributed by atoms with Gasteiger partial charge in [-0.1, -0.05) is 6.07 Å². The van der Waals surface area contributed by atoms with Crippen molar-refractivity contribution in [1.29, 1.82) is 0 Å². The topological polar surface area (TPSA) is 103 Å². The van der Waals surface area contributed by atoms with Crippen LogP contribution in [0.3, 0.4) is 0 Å². The van der Waals surface area contributed by atoms with Crippen LogP contribution in [0.1, 0.15) is 29.8 Å². The molecule has 11 nitrogen and oxygen atoms in total. The van der Waals surface area contributed by atoms with Crippen molar-refractivity contribution in [3.8, 4) is 39.9 Å². The molecular formula is C31H33NO10. The summed E-state index contributed by atoms with van der Waals surface area (Å²) < 4.78 is 53.8. The second-order valence-corrected chi connectivity index (χ2v) is 11.6. The van der Waals surface area contributed by atoms with Gasteiger partial charge in [0.2, 0.25) is 13.1 Å². The van der Waals surface area contributed by atoms with Gasteiger partial charge in [-0.05, 0) is 63.2 Å². The molecule has 4 aliphatic heterocycles. The number of nitrogens with zero attached hydrogens (tertiary/aromatic N) is 1. The highest BCUT2D eigenvalue weighted by atomic mass is 16.8. The lowest BCUT2D eigenvalue weighted by Gasteiger charge is -2.29. The van der Waals surface area contributed by atoms with Crippen LogP contribution in [0.2, 0.25) is 0 Å². The first kappa shape index (κ1) is 27.1. The van der Waals surface area contributed by atoms with Crippen molar-refractivity contribution >= 4 is 16.7 Å². The first-order valence-electron chi connectivity index (χ1n) is 13.8. The third-order valence-corrected chi connectivity index (χ3v) is 8.01. The van der Waals surface area contributed by atoms with Gasteiger partial charge in [-0.15, -0.1) is 0 Å². The summed E-state index contributed by atoms with van der Waals surface area (Å²) in [6.45, 7) is 4.81. The third-order valence-electron chi connectivity index (χ3n) is 8.01. The Morgan fingerprint density at radius 1 is 0.952 bits per heavy atom. The molecule has 222 valence electrons. The van der Waals surface area contributed by atoms with Crippen molar-refractivity contribution in [3.63, 3.8) is 0 Å². The zero-order chi connectivity index (χ0) is 29.4. The fourth-order valence-electron chi connectivity index (χ4n) is 6.52. The van der Waals surface area contributed by atoms with Crippen LogP contribution in [0.15, 0.2) is 30.3 Å². The Hall–Kier alpha value is -3.77. The molecule has 3 aromatic carbocycles. The molecule has 0 aromatic heterocycles. The van der Waals surface area contributed by atoms with Gasteiger partial charge in [-0.3, -0.25) is 0 Å². The van der Waals surface area contributed by atoms with Crippen molar-refractivity contribution in [2.24, 2.45) is 0 Å². The van der Waals surface area contributed by atoms with Crippen LogP contribution in [0.25, 0.3) is 21.9 Å². The average Bonchev–Trinajstić information content (AvgIpc) is 3.70. The maximum absolute atomic E-state index is 13.4. The number of ether oxygens (including phenoxy) is 9. The monoisotopic (exact) mass is 579 g/mol. The summed E-state index contributed by atoms with van der Waals surface area (Å²) in [6.07, 6.45) is -1.33. The standard InChI is InChI=1S/C31H33NO10/c1-30(2)41-27-29(37-14-31(27,42-30)13-32(3)4)40-26-18-11-22(35-6)21(34-5)10-17(18)24(25-19(26)12-36-28(25)33)16-7-8-20-23(9-16)39-15-38-20/h7-11,27,29H,12-15H2,1-6H3/t27-,29+,31+/m0/s1.